The number of rotatable bonds is 9. The lowest BCUT2D eigenvalue weighted by Gasteiger charge is -2.32. The Morgan fingerprint density at radius 3 is 2.85 bits per heavy atom. The third-order valence-corrected chi connectivity index (χ3v) is 5.37. The van der Waals surface area contributed by atoms with E-state index in [0.717, 1.165) is 44.5 Å². The van der Waals surface area contributed by atoms with E-state index in [0.29, 0.717) is 30.8 Å². The van der Waals surface area contributed by atoms with Crippen LogP contribution in [-0.2, 0) is 11.3 Å². The molecule has 2 heterocycles. The molecule has 2 unspecified atom stereocenters. The first-order valence-electron chi connectivity index (χ1n) is 10.1. The standard InChI is InChI=1S/C21H35N3O.ClH/c1-3-5-9-18(4-2)16-21(25)24(17-19-10-6-7-14-23-19)20-11-8-13-22-15-12-20;/h6-7,10,14,18,20,22H,3-5,8-9,11-13,15-17H2,1-2H3;1H. The molecular weight excluding hydrogens is 346 g/mol. The monoisotopic (exact) mass is 381 g/mol. The fourth-order valence-corrected chi connectivity index (χ4v) is 3.71. The highest BCUT2D eigenvalue weighted by molar-refractivity contribution is 5.85. The van der Waals surface area contributed by atoms with Crippen molar-refractivity contribution in [3.8, 4) is 0 Å². The van der Waals surface area contributed by atoms with Crippen molar-refractivity contribution in [1.82, 2.24) is 15.2 Å². The van der Waals surface area contributed by atoms with Crippen LogP contribution in [0.5, 0.6) is 0 Å². The van der Waals surface area contributed by atoms with Crippen molar-refractivity contribution < 1.29 is 4.79 Å². The molecule has 26 heavy (non-hydrogen) atoms. The Balaban J connectivity index is 0.00000338. The van der Waals surface area contributed by atoms with Crippen LogP contribution in [0.25, 0.3) is 0 Å². The van der Waals surface area contributed by atoms with Crippen LogP contribution < -0.4 is 5.32 Å². The summed E-state index contributed by atoms with van der Waals surface area (Å²) in [7, 11) is 0. The predicted octanol–water partition coefficient (Wildman–Crippen LogP) is 4.58. The van der Waals surface area contributed by atoms with Crippen molar-refractivity contribution in [2.45, 2.75) is 77.8 Å². The summed E-state index contributed by atoms with van der Waals surface area (Å²) in [6.45, 7) is 7.15. The van der Waals surface area contributed by atoms with Crippen molar-refractivity contribution in [3.05, 3.63) is 30.1 Å². The number of pyridine rings is 1. The first-order valence-corrected chi connectivity index (χ1v) is 10.1. The molecule has 0 spiro atoms. The molecule has 1 aliphatic rings. The Labute approximate surface area is 165 Å². The number of carbonyl (C=O) groups excluding carboxylic acids is 1. The minimum Gasteiger partial charge on any atom is -0.334 e. The molecule has 5 heteroatoms. The number of hydrogen-bond acceptors (Lipinski definition) is 3. The number of unbranched alkanes of at least 4 members (excludes halogenated alkanes) is 1. The number of carbonyl (C=O) groups is 1. The summed E-state index contributed by atoms with van der Waals surface area (Å²) >= 11 is 0. The van der Waals surface area contributed by atoms with Gasteiger partial charge < -0.3 is 10.2 Å². The summed E-state index contributed by atoms with van der Waals surface area (Å²) in [4.78, 5) is 19.8. The molecule has 1 saturated heterocycles. The van der Waals surface area contributed by atoms with Gasteiger partial charge in [-0.05, 0) is 56.8 Å². The van der Waals surface area contributed by atoms with Gasteiger partial charge >= 0.3 is 0 Å². The molecule has 0 bridgehead atoms. The number of amides is 1. The van der Waals surface area contributed by atoms with E-state index in [1.165, 1.54) is 19.3 Å². The van der Waals surface area contributed by atoms with Gasteiger partial charge in [-0.25, -0.2) is 0 Å². The van der Waals surface area contributed by atoms with Crippen molar-refractivity contribution in [2.24, 2.45) is 5.92 Å². The highest BCUT2D eigenvalue weighted by Gasteiger charge is 2.26. The molecule has 0 aromatic carbocycles. The van der Waals surface area contributed by atoms with E-state index >= 15 is 0 Å². The van der Waals surface area contributed by atoms with Gasteiger partial charge in [0, 0.05) is 18.7 Å². The second kappa shape index (κ2) is 13.1. The average Bonchev–Trinajstić information content (AvgIpc) is 2.93. The van der Waals surface area contributed by atoms with E-state index in [-0.39, 0.29) is 12.4 Å². The van der Waals surface area contributed by atoms with E-state index in [4.69, 9.17) is 0 Å². The Morgan fingerprint density at radius 1 is 1.31 bits per heavy atom. The molecule has 0 radical (unpaired) electrons. The zero-order chi connectivity index (χ0) is 17.9. The number of nitrogens with zero attached hydrogens (tertiary/aromatic N) is 2. The largest absolute Gasteiger partial charge is 0.334 e. The maximum absolute atomic E-state index is 13.2. The van der Waals surface area contributed by atoms with Crippen molar-refractivity contribution in [3.63, 3.8) is 0 Å². The lowest BCUT2D eigenvalue weighted by Crippen LogP contribution is -2.41. The summed E-state index contributed by atoms with van der Waals surface area (Å²) in [5, 5.41) is 3.46. The average molecular weight is 382 g/mol. The van der Waals surface area contributed by atoms with Crippen LogP contribution in [0.1, 0.15) is 70.9 Å². The molecule has 2 atom stereocenters. The summed E-state index contributed by atoms with van der Waals surface area (Å²) in [5.74, 6) is 0.836. The molecule has 0 saturated carbocycles. The Bertz CT molecular complexity index is 489. The second-order valence-electron chi connectivity index (χ2n) is 7.30. The molecule has 1 aromatic rings. The number of aromatic nitrogens is 1. The Hall–Kier alpha value is -1.13. The maximum atomic E-state index is 13.2. The van der Waals surface area contributed by atoms with Crippen LogP contribution in [0, 0.1) is 5.92 Å². The molecule has 148 valence electrons. The molecule has 1 fully saturated rings. The van der Waals surface area contributed by atoms with Gasteiger partial charge in [0.05, 0.1) is 12.2 Å². The van der Waals surface area contributed by atoms with Crippen LogP contribution in [0.3, 0.4) is 0 Å². The quantitative estimate of drug-likeness (QED) is 0.680. The number of halogens is 1. The third-order valence-electron chi connectivity index (χ3n) is 5.37. The van der Waals surface area contributed by atoms with Gasteiger partial charge in [-0.15, -0.1) is 12.4 Å². The molecule has 1 amide bonds. The fraction of sp³-hybridized carbons (Fsp3) is 0.714. The van der Waals surface area contributed by atoms with E-state index < -0.39 is 0 Å². The first-order chi connectivity index (χ1) is 12.2. The van der Waals surface area contributed by atoms with E-state index in [9.17, 15) is 4.79 Å². The van der Waals surface area contributed by atoms with Gasteiger partial charge in [0.1, 0.15) is 0 Å². The summed E-state index contributed by atoms with van der Waals surface area (Å²) in [5.41, 5.74) is 0.995. The molecule has 4 nitrogen and oxygen atoms in total. The van der Waals surface area contributed by atoms with Gasteiger partial charge in [0.2, 0.25) is 5.91 Å². The summed E-state index contributed by atoms with van der Waals surface area (Å²) in [6, 6.07) is 6.32. The van der Waals surface area contributed by atoms with Crippen molar-refractivity contribution in [2.75, 3.05) is 13.1 Å². The zero-order valence-corrected chi connectivity index (χ0v) is 17.3. The SMILES string of the molecule is CCCCC(CC)CC(=O)N(Cc1ccccn1)C1CCCNCC1.Cl. The lowest BCUT2D eigenvalue weighted by atomic mass is 9.94. The van der Waals surface area contributed by atoms with E-state index in [2.05, 4.69) is 29.0 Å². The van der Waals surface area contributed by atoms with Crippen LogP contribution in [0.4, 0.5) is 0 Å². The maximum Gasteiger partial charge on any atom is 0.223 e. The van der Waals surface area contributed by atoms with Crippen LogP contribution in [-0.4, -0.2) is 34.9 Å². The van der Waals surface area contributed by atoms with Crippen molar-refractivity contribution >= 4 is 18.3 Å². The predicted molar refractivity (Wildman–Crippen MR) is 110 cm³/mol. The van der Waals surface area contributed by atoms with Gasteiger partial charge in [0.15, 0.2) is 0 Å². The number of hydrogen-bond donors (Lipinski definition) is 1. The minimum absolute atomic E-state index is 0. The Morgan fingerprint density at radius 2 is 2.15 bits per heavy atom. The molecule has 1 aromatic heterocycles. The molecule has 0 aliphatic carbocycles. The smallest absolute Gasteiger partial charge is 0.223 e. The Kier molecular flexibility index (Phi) is 11.5. The topological polar surface area (TPSA) is 45.2 Å². The molecule has 1 N–H and O–H groups in total. The van der Waals surface area contributed by atoms with Gasteiger partial charge in [-0.3, -0.25) is 9.78 Å². The molecular formula is C21H36ClN3O. The molecule has 2 rings (SSSR count). The third kappa shape index (κ3) is 7.63. The zero-order valence-electron chi connectivity index (χ0n) is 16.5. The van der Waals surface area contributed by atoms with Crippen LogP contribution >= 0.6 is 12.4 Å². The summed E-state index contributed by atoms with van der Waals surface area (Å²) in [6.07, 6.45) is 10.5. The first kappa shape index (κ1) is 22.9. The summed E-state index contributed by atoms with van der Waals surface area (Å²) < 4.78 is 0. The van der Waals surface area contributed by atoms with E-state index in [1.807, 2.05) is 24.4 Å². The minimum atomic E-state index is 0. The molecule has 1 aliphatic heterocycles. The lowest BCUT2D eigenvalue weighted by molar-refractivity contribution is -0.135. The van der Waals surface area contributed by atoms with Crippen LogP contribution in [0.15, 0.2) is 24.4 Å². The van der Waals surface area contributed by atoms with E-state index in [1.54, 1.807) is 0 Å². The van der Waals surface area contributed by atoms with Gasteiger partial charge in [-0.2, -0.15) is 0 Å². The van der Waals surface area contributed by atoms with Gasteiger partial charge in [-0.1, -0.05) is 39.2 Å². The fourth-order valence-electron chi connectivity index (χ4n) is 3.71. The van der Waals surface area contributed by atoms with Gasteiger partial charge in [0.25, 0.3) is 0 Å². The highest BCUT2D eigenvalue weighted by atomic mass is 35.5. The highest BCUT2D eigenvalue weighted by Crippen LogP contribution is 2.22. The normalized spacial score (nSPS) is 18.5. The van der Waals surface area contributed by atoms with Crippen LogP contribution in [0.2, 0.25) is 0 Å². The second-order valence-corrected chi connectivity index (χ2v) is 7.30. The van der Waals surface area contributed by atoms with Crippen molar-refractivity contribution in [1.29, 1.82) is 0 Å². The number of nitrogens with one attached hydrogen (secondary N) is 1.